The van der Waals surface area contributed by atoms with Crippen molar-refractivity contribution in [1.82, 2.24) is 10.2 Å². The Morgan fingerprint density at radius 2 is 2.29 bits per heavy atom. The first-order valence-corrected chi connectivity index (χ1v) is 8.70. The van der Waals surface area contributed by atoms with Gasteiger partial charge in [0.15, 0.2) is 0 Å². The van der Waals surface area contributed by atoms with E-state index in [0.717, 1.165) is 48.1 Å². The van der Waals surface area contributed by atoms with Gasteiger partial charge in [0.2, 0.25) is 0 Å². The Balaban J connectivity index is 2.13. The predicted octanol–water partition coefficient (Wildman–Crippen LogP) is 3.75. The van der Waals surface area contributed by atoms with Crippen LogP contribution in [0.1, 0.15) is 48.5 Å². The van der Waals surface area contributed by atoms with Crippen molar-refractivity contribution in [2.24, 2.45) is 0 Å². The van der Waals surface area contributed by atoms with Crippen LogP contribution >= 0.6 is 15.9 Å². The molecule has 1 aliphatic rings. The van der Waals surface area contributed by atoms with E-state index in [1.807, 2.05) is 30.0 Å². The Kier molecular flexibility index (Phi) is 6.24. The number of amides is 1. The van der Waals surface area contributed by atoms with Gasteiger partial charge < -0.3 is 10.2 Å². The highest BCUT2D eigenvalue weighted by Crippen LogP contribution is 2.21. The normalized spacial score (nSPS) is 18.0. The first-order valence-electron chi connectivity index (χ1n) is 7.91. The molecule has 1 aromatic carbocycles. The zero-order valence-corrected chi connectivity index (χ0v) is 14.6. The van der Waals surface area contributed by atoms with Gasteiger partial charge in [-0.05, 0) is 50.4 Å². The number of carbonyl (C=O) groups is 1. The van der Waals surface area contributed by atoms with Crippen molar-refractivity contribution in [3.05, 3.63) is 33.8 Å². The molecule has 1 aliphatic heterocycles. The first kappa shape index (κ1) is 16.5. The van der Waals surface area contributed by atoms with Crippen LogP contribution in [0.25, 0.3) is 0 Å². The lowest BCUT2D eigenvalue weighted by atomic mass is 10.1. The maximum atomic E-state index is 12.9. The average molecular weight is 353 g/mol. The fourth-order valence-electron chi connectivity index (χ4n) is 2.81. The zero-order valence-electron chi connectivity index (χ0n) is 13.0. The summed E-state index contributed by atoms with van der Waals surface area (Å²) < 4.78 is 1.00. The second kappa shape index (κ2) is 7.95. The van der Waals surface area contributed by atoms with E-state index in [9.17, 15) is 4.79 Å². The molecule has 0 radical (unpaired) electrons. The van der Waals surface area contributed by atoms with Crippen molar-refractivity contribution in [3.8, 4) is 0 Å². The Bertz CT molecular complexity index is 484. The van der Waals surface area contributed by atoms with Gasteiger partial charge in [0.05, 0.1) is 0 Å². The molecule has 2 rings (SSSR count). The summed E-state index contributed by atoms with van der Waals surface area (Å²) in [6.07, 6.45) is 4.56. The molecule has 0 aliphatic carbocycles. The van der Waals surface area contributed by atoms with E-state index in [4.69, 9.17) is 0 Å². The van der Waals surface area contributed by atoms with Gasteiger partial charge in [0.1, 0.15) is 0 Å². The van der Waals surface area contributed by atoms with Crippen LogP contribution in [0.4, 0.5) is 0 Å². The van der Waals surface area contributed by atoms with Crippen LogP contribution in [0.5, 0.6) is 0 Å². The minimum atomic E-state index is 0.163. The van der Waals surface area contributed by atoms with Crippen LogP contribution in [0.2, 0.25) is 0 Å². The van der Waals surface area contributed by atoms with Gasteiger partial charge in [0, 0.05) is 29.2 Å². The van der Waals surface area contributed by atoms with E-state index < -0.39 is 0 Å². The number of rotatable bonds is 6. The standard InChI is InChI=1S/C17H25BrN2O/c1-3-4-11-20(12-14-7-6-10-19-14)17(21)15-8-5-9-16(18)13(15)2/h5,8-9,14,19H,3-4,6-7,10-12H2,1-2H3. The summed E-state index contributed by atoms with van der Waals surface area (Å²) in [7, 11) is 0. The van der Waals surface area contributed by atoms with Crippen LogP contribution in [0.3, 0.4) is 0 Å². The van der Waals surface area contributed by atoms with Crippen molar-refractivity contribution in [2.75, 3.05) is 19.6 Å². The maximum absolute atomic E-state index is 12.9. The van der Waals surface area contributed by atoms with Gasteiger partial charge in [-0.2, -0.15) is 0 Å². The lowest BCUT2D eigenvalue weighted by molar-refractivity contribution is 0.0738. The molecule has 1 saturated heterocycles. The highest BCUT2D eigenvalue weighted by atomic mass is 79.9. The number of hydrogen-bond donors (Lipinski definition) is 1. The summed E-state index contributed by atoms with van der Waals surface area (Å²) in [4.78, 5) is 14.9. The monoisotopic (exact) mass is 352 g/mol. The number of carbonyl (C=O) groups excluding carboxylic acids is 1. The van der Waals surface area contributed by atoms with Crippen molar-refractivity contribution < 1.29 is 4.79 Å². The SMILES string of the molecule is CCCCN(CC1CCCN1)C(=O)c1cccc(Br)c1C. The fourth-order valence-corrected chi connectivity index (χ4v) is 3.18. The Labute approximate surface area is 136 Å². The van der Waals surface area contributed by atoms with Crippen LogP contribution < -0.4 is 5.32 Å². The molecule has 0 spiro atoms. The van der Waals surface area contributed by atoms with E-state index >= 15 is 0 Å². The Morgan fingerprint density at radius 3 is 2.95 bits per heavy atom. The third kappa shape index (κ3) is 4.30. The summed E-state index contributed by atoms with van der Waals surface area (Å²) in [6, 6.07) is 6.32. The molecule has 1 atom stereocenters. The van der Waals surface area contributed by atoms with Crippen LogP contribution in [0, 0.1) is 6.92 Å². The molecule has 116 valence electrons. The predicted molar refractivity (Wildman–Crippen MR) is 90.7 cm³/mol. The van der Waals surface area contributed by atoms with Gasteiger partial charge in [-0.15, -0.1) is 0 Å². The smallest absolute Gasteiger partial charge is 0.254 e. The lowest BCUT2D eigenvalue weighted by Gasteiger charge is -2.26. The summed E-state index contributed by atoms with van der Waals surface area (Å²) in [6.45, 7) is 6.92. The fraction of sp³-hybridized carbons (Fsp3) is 0.588. The van der Waals surface area contributed by atoms with E-state index in [1.54, 1.807) is 0 Å². The topological polar surface area (TPSA) is 32.3 Å². The molecule has 1 aromatic rings. The average Bonchev–Trinajstić information content (AvgIpc) is 2.98. The van der Waals surface area contributed by atoms with Crippen LogP contribution in [-0.2, 0) is 0 Å². The number of nitrogens with one attached hydrogen (secondary N) is 1. The number of benzene rings is 1. The van der Waals surface area contributed by atoms with Gasteiger partial charge in [-0.25, -0.2) is 0 Å². The molecular formula is C17H25BrN2O. The third-order valence-corrected chi connectivity index (χ3v) is 5.03. The van der Waals surface area contributed by atoms with Crippen molar-refractivity contribution in [2.45, 2.75) is 45.6 Å². The van der Waals surface area contributed by atoms with Crippen molar-refractivity contribution in [3.63, 3.8) is 0 Å². The maximum Gasteiger partial charge on any atom is 0.254 e. The number of nitrogens with zero attached hydrogens (tertiary/aromatic N) is 1. The summed E-state index contributed by atoms with van der Waals surface area (Å²) in [5.74, 6) is 0.163. The first-order chi connectivity index (χ1) is 10.1. The molecule has 1 amide bonds. The molecule has 1 N–H and O–H groups in total. The minimum absolute atomic E-state index is 0.163. The van der Waals surface area contributed by atoms with Crippen molar-refractivity contribution in [1.29, 1.82) is 0 Å². The Hall–Kier alpha value is -0.870. The summed E-state index contributed by atoms with van der Waals surface area (Å²) in [5, 5.41) is 3.49. The molecule has 4 heteroatoms. The lowest BCUT2D eigenvalue weighted by Crippen LogP contribution is -2.41. The van der Waals surface area contributed by atoms with Gasteiger partial charge in [0.25, 0.3) is 5.91 Å². The molecule has 21 heavy (non-hydrogen) atoms. The summed E-state index contributed by atoms with van der Waals surface area (Å²) >= 11 is 3.52. The quantitative estimate of drug-likeness (QED) is 0.845. The van der Waals surface area contributed by atoms with Gasteiger partial charge >= 0.3 is 0 Å². The molecule has 1 unspecified atom stereocenters. The molecule has 0 bridgehead atoms. The van der Waals surface area contributed by atoms with Crippen LogP contribution in [0.15, 0.2) is 22.7 Å². The Morgan fingerprint density at radius 1 is 1.48 bits per heavy atom. The molecule has 0 saturated carbocycles. The molecule has 0 aromatic heterocycles. The number of unbranched alkanes of at least 4 members (excludes halogenated alkanes) is 1. The second-order valence-corrected chi connectivity index (χ2v) is 6.66. The molecule has 1 fully saturated rings. The van der Waals surface area contributed by atoms with E-state index in [2.05, 4.69) is 28.2 Å². The zero-order chi connectivity index (χ0) is 15.2. The van der Waals surface area contributed by atoms with Gasteiger partial charge in [-0.3, -0.25) is 4.79 Å². The minimum Gasteiger partial charge on any atom is -0.337 e. The summed E-state index contributed by atoms with van der Waals surface area (Å²) in [5.41, 5.74) is 1.85. The molecule has 3 nitrogen and oxygen atoms in total. The van der Waals surface area contributed by atoms with E-state index in [1.165, 1.54) is 12.8 Å². The number of hydrogen-bond acceptors (Lipinski definition) is 2. The van der Waals surface area contributed by atoms with Crippen molar-refractivity contribution >= 4 is 21.8 Å². The number of halogens is 1. The largest absolute Gasteiger partial charge is 0.337 e. The molecule has 1 heterocycles. The second-order valence-electron chi connectivity index (χ2n) is 5.81. The highest BCUT2D eigenvalue weighted by Gasteiger charge is 2.23. The third-order valence-electron chi connectivity index (χ3n) is 4.17. The van der Waals surface area contributed by atoms with Crippen LogP contribution in [-0.4, -0.2) is 36.5 Å². The van der Waals surface area contributed by atoms with E-state index in [-0.39, 0.29) is 5.91 Å². The molecular weight excluding hydrogens is 328 g/mol. The highest BCUT2D eigenvalue weighted by molar-refractivity contribution is 9.10. The van der Waals surface area contributed by atoms with E-state index in [0.29, 0.717) is 6.04 Å². The van der Waals surface area contributed by atoms with Gasteiger partial charge in [-0.1, -0.05) is 35.3 Å².